The van der Waals surface area contributed by atoms with Crippen molar-refractivity contribution >= 4 is 45.6 Å². The molecule has 9 heteroatoms. The Labute approximate surface area is 214 Å². The molecule has 0 atom stereocenters. The van der Waals surface area contributed by atoms with Crippen LogP contribution < -0.4 is 15.5 Å². The van der Waals surface area contributed by atoms with Crippen molar-refractivity contribution in [2.45, 2.75) is 33.3 Å². The van der Waals surface area contributed by atoms with Crippen LogP contribution in [0.3, 0.4) is 0 Å². The highest BCUT2D eigenvalue weighted by Gasteiger charge is 2.26. The summed E-state index contributed by atoms with van der Waals surface area (Å²) < 4.78 is 12.4. The van der Waals surface area contributed by atoms with Gasteiger partial charge in [-0.15, -0.1) is 0 Å². The quantitative estimate of drug-likeness (QED) is 0.295. The Morgan fingerprint density at radius 1 is 1.08 bits per heavy atom. The Bertz CT molecular complexity index is 1400. The fraction of sp³-hybridized carbons (Fsp3) is 0.321. The summed E-state index contributed by atoms with van der Waals surface area (Å²) in [4.78, 5) is 34.8. The van der Waals surface area contributed by atoms with Gasteiger partial charge in [-0.1, -0.05) is 26.0 Å². The van der Waals surface area contributed by atoms with E-state index in [1.807, 2.05) is 56.3 Å². The topological polar surface area (TPSA) is 129 Å². The summed E-state index contributed by atoms with van der Waals surface area (Å²) in [5.74, 6) is -1.78. The maximum Gasteiger partial charge on any atom is 0.328 e. The molecule has 3 aromatic rings. The third-order valence-corrected chi connectivity index (χ3v) is 5.88. The van der Waals surface area contributed by atoms with Crippen LogP contribution in [0.2, 0.25) is 0 Å². The second-order valence-electron chi connectivity index (χ2n) is 8.97. The highest BCUT2D eigenvalue weighted by molar-refractivity contribution is 6.02. The van der Waals surface area contributed by atoms with Crippen LogP contribution in [0.25, 0.3) is 28.0 Å². The molecule has 1 aliphatic heterocycles. The third-order valence-electron chi connectivity index (χ3n) is 5.88. The van der Waals surface area contributed by atoms with Crippen molar-refractivity contribution in [1.29, 1.82) is 0 Å². The molecular formula is C28H32N2O7. The zero-order valence-corrected chi connectivity index (χ0v) is 21.4. The van der Waals surface area contributed by atoms with E-state index in [2.05, 4.69) is 24.1 Å². The zero-order valence-electron chi connectivity index (χ0n) is 21.4. The lowest BCUT2D eigenvalue weighted by atomic mass is 9.99. The van der Waals surface area contributed by atoms with Crippen LogP contribution in [0, 0.1) is 0 Å². The van der Waals surface area contributed by atoms with Gasteiger partial charge in [-0.3, -0.25) is 4.79 Å². The first-order valence-corrected chi connectivity index (χ1v) is 12.1. The lowest BCUT2D eigenvalue weighted by Crippen LogP contribution is -2.29. The van der Waals surface area contributed by atoms with Gasteiger partial charge in [0.05, 0.1) is 22.0 Å². The number of carbonyl (C=O) groups is 2. The van der Waals surface area contributed by atoms with Crippen molar-refractivity contribution in [3.05, 3.63) is 64.3 Å². The van der Waals surface area contributed by atoms with Crippen molar-refractivity contribution in [2.24, 2.45) is 0 Å². The summed E-state index contributed by atoms with van der Waals surface area (Å²) in [6, 6.07) is 9.33. The van der Waals surface area contributed by atoms with Gasteiger partial charge in [-0.05, 0) is 51.2 Å². The van der Waals surface area contributed by atoms with E-state index in [9.17, 15) is 14.4 Å². The van der Waals surface area contributed by atoms with Crippen LogP contribution in [0.5, 0.6) is 5.75 Å². The van der Waals surface area contributed by atoms with Crippen molar-refractivity contribution < 1.29 is 29.0 Å². The Kier molecular flexibility index (Phi) is 8.73. The van der Waals surface area contributed by atoms with Crippen LogP contribution >= 0.6 is 0 Å². The highest BCUT2D eigenvalue weighted by Crippen LogP contribution is 2.40. The van der Waals surface area contributed by atoms with E-state index in [-0.39, 0.29) is 5.43 Å². The molecule has 37 heavy (non-hydrogen) atoms. The predicted molar refractivity (Wildman–Crippen MR) is 144 cm³/mol. The standard InChI is InChI=1S/C24H28N2O3.C4H4O4/c1-5-26(6-2)14-13-25-18-15-20-17(11-12-24(3,4)29-20)23-21(18)22(27)16-9-7-8-10-19(16)28-23;5-3(6)1-2-4(7)8/h7-12,15,25H,5-6,13-14H2,1-4H3;1-2H,(H,5,6)(H,7,8)/b;2-1+. The minimum absolute atomic E-state index is 0.0202. The number of hydrogen-bond acceptors (Lipinski definition) is 7. The number of carboxylic acid groups (broad SMARTS) is 2. The number of anilines is 1. The molecule has 2 aromatic carbocycles. The van der Waals surface area contributed by atoms with E-state index in [1.165, 1.54) is 0 Å². The van der Waals surface area contributed by atoms with E-state index < -0.39 is 17.5 Å². The molecule has 0 bridgehead atoms. The van der Waals surface area contributed by atoms with E-state index >= 15 is 0 Å². The van der Waals surface area contributed by atoms with Crippen molar-refractivity contribution in [2.75, 3.05) is 31.5 Å². The summed E-state index contributed by atoms with van der Waals surface area (Å²) in [6.07, 6.45) is 5.11. The maximum atomic E-state index is 13.4. The normalized spacial score (nSPS) is 13.8. The maximum absolute atomic E-state index is 13.4. The molecule has 0 aliphatic carbocycles. The number of rotatable bonds is 8. The predicted octanol–water partition coefficient (Wildman–Crippen LogP) is 4.60. The number of nitrogens with one attached hydrogen (secondary N) is 1. The number of para-hydroxylation sites is 1. The number of benzene rings is 2. The number of aliphatic carboxylic acids is 2. The van der Waals surface area contributed by atoms with Crippen LogP contribution in [0.15, 0.2) is 57.8 Å². The van der Waals surface area contributed by atoms with Crippen molar-refractivity contribution in [3.63, 3.8) is 0 Å². The average molecular weight is 509 g/mol. The SMILES string of the molecule is CCN(CC)CCNc1cc2c(c3oc4ccccc4c(=O)c13)C=CC(C)(C)O2.O=C(O)/C=C/C(=O)O. The fourth-order valence-corrected chi connectivity index (χ4v) is 3.98. The van der Waals surface area contributed by atoms with Crippen LogP contribution in [0.1, 0.15) is 33.3 Å². The number of nitrogens with zero attached hydrogens (tertiary/aromatic N) is 1. The van der Waals surface area contributed by atoms with Crippen LogP contribution in [-0.4, -0.2) is 58.8 Å². The first kappa shape index (κ1) is 27.5. The monoisotopic (exact) mass is 508 g/mol. The van der Waals surface area contributed by atoms with Gasteiger partial charge >= 0.3 is 11.9 Å². The van der Waals surface area contributed by atoms with E-state index in [0.717, 1.165) is 43.2 Å². The van der Waals surface area contributed by atoms with E-state index in [1.54, 1.807) is 0 Å². The molecule has 0 saturated heterocycles. The first-order valence-electron chi connectivity index (χ1n) is 12.1. The van der Waals surface area contributed by atoms with Gasteiger partial charge in [-0.25, -0.2) is 9.59 Å². The van der Waals surface area contributed by atoms with Crippen LogP contribution in [-0.2, 0) is 9.59 Å². The lowest BCUT2D eigenvalue weighted by Gasteiger charge is -2.29. The molecular weight excluding hydrogens is 476 g/mol. The molecule has 1 aliphatic rings. The second-order valence-corrected chi connectivity index (χ2v) is 8.97. The molecule has 4 rings (SSSR count). The molecule has 0 unspecified atom stereocenters. The largest absolute Gasteiger partial charge is 0.483 e. The summed E-state index contributed by atoms with van der Waals surface area (Å²) >= 11 is 0. The summed E-state index contributed by atoms with van der Waals surface area (Å²) in [6.45, 7) is 12.0. The highest BCUT2D eigenvalue weighted by atomic mass is 16.5. The second kappa shape index (κ2) is 11.7. The van der Waals surface area contributed by atoms with E-state index in [0.29, 0.717) is 34.1 Å². The minimum Gasteiger partial charge on any atom is -0.483 e. The molecule has 2 heterocycles. The molecule has 0 amide bonds. The molecule has 0 spiro atoms. The summed E-state index contributed by atoms with van der Waals surface area (Å²) in [5.41, 5.74) is 2.31. The molecule has 0 saturated carbocycles. The number of fused-ring (bicyclic) bond motifs is 4. The van der Waals surface area contributed by atoms with Gasteiger partial charge in [0.15, 0.2) is 5.58 Å². The van der Waals surface area contributed by atoms with Crippen molar-refractivity contribution in [1.82, 2.24) is 4.90 Å². The molecule has 0 radical (unpaired) electrons. The zero-order chi connectivity index (χ0) is 27.2. The molecule has 3 N–H and O–H groups in total. The van der Waals surface area contributed by atoms with Gasteiger partial charge in [0.1, 0.15) is 16.9 Å². The van der Waals surface area contributed by atoms with Gasteiger partial charge in [0.25, 0.3) is 0 Å². The Morgan fingerprint density at radius 3 is 2.35 bits per heavy atom. The Balaban J connectivity index is 0.000000414. The summed E-state index contributed by atoms with van der Waals surface area (Å²) in [5, 5.41) is 20.3. The van der Waals surface area contributed by atoms with Crippen LogP contribution in [0.4, 0.5) is 5.69 Å². The fourth-order valence-electron chi connectivity index (χ4n) is 3.98. The lowest BCUT2D eigenvalue weighted by molar-refractivity contribution is -0.134. The Hall–Kier alpha value is -4.11. The van der Waals surface area contributed by atoms with E-state index in [4.69, 9.17) is 19.4 Å². The van der Waals surface area contributed by atoms with Gasteiger partial charge in [0.2, 0.25) is 5.43 Å². The smallest absolute Gasteiger partial charge is 0.328 e. The van der Waals surface area contributed by atoms with Crippen molar-refractivity contribution in [3.8, 4) is 5.75 Å². The summed E-state index contributed by atoms with van der Waals surface area (Å²) in [7, 11) is 0. The number of ether oxygens (including phenoxy) is 1. The van der Waals surface area contributed by atoms with Gasteiger partial charge in [0, 0.05) is 31.3 Å². The third kappa shape index (κ3) is 6.77. The Morgan fingerprint density at radius 2 is 1.73 bits per heavy atom. The van der Waals surface area contributed by atoms with Gasteiger partial charge in [-0.2, -0.15) is 0 Å². The number of carboxylic acids is 2. The number of hydrogen-bond donors (Lipinski definition) is 3. The molecule has 1 aromatic heterocycles. The average Bonchev–Trinajstić information content (AvgIpc) is 2.85. The van der Waals surface area contributed by atoms with Gasteiger partial charge < -0.3 is 29.6 Å². The molecule has 0 fully saturated rings. The minimum atomic E-state index is -1.26. The molecule has 9 nitrogen and oxygen atoms in total. The first-order chi connectivity index (χ1) is 17.6. The number of likely N-dealkylation sites (N-methyl/N-ethyl adjacent to an activating group) is 1. The molecule has 196 valence electrons.